The first-order valence-electron chi connectivity index (χ1n) is 10.1. The van der Waals surface area contributed by atoms with E-state index in [0.29, 0.717) is 19.0 Å². The zero-order chi connectivity index (χ0) is 20.8. The molecule has 0 heterocycles. The number of nitrogens with one attached hydrogen (secondary N) is 3. The maximum absolute atomic E-state index is 12.1. The maximum atomic E-state index is 12.1. The average Bonchev–Trinajstić information content (AvgIpc) is 2.69. The molecule has 0 amide bonds. The number of benzene rings is 1. The molecule has 1 unspecified atom stereocenters. The molecule has 0 saturated heterocycles. The second-order valence-corrected chi connectivity index (χ2v) is 8.77. The van der Waals surface area contributed by atoms with Crippen LogP contribution < -0.4 is 15.4 Å². The molecule has 7 nitrogen and oxygen atoms in total. The van der Waals surface area contributed by atoms with Gasteiger partial charge in [-0.15, -0.1) is 0 Å². The number of hydrogen-bond acceptors (Lipinski definition) is 4. The molecule has 0 saturated carbocycles. The number of hydrogen-bond donors (Lipinski definition) is 3. The molecule has 8 heteroatoms. The Morgan fingerprint density at radius 3 is 2.46 bits per heavy atom. The smallest absolute Gasteiger partial charge is 0.213 e. The van der Waals surface area contributed by atoms with Crippen molar-refractivity contribution in [2.45, 2.75) is 46.2 Å². The van der Waals surface area contributed by atoms with Crippen LogP contribution in [-0.4, -0.2) is 64.3 Å². The van der Waals surface area contributed by atoms with Crippen molar-refractivity contribution >= 4 is 16.0 Å². The van der Waals surface area contributed by atoms with Gasteiger partial charge in [0.1, 0.15) is 0 Å². The van der Waals surface area contributed by atoms with Crippen LogP contribution in [0.1, 0.15) is 39.2 Å². The molecule has 0 aliphatic heterocycles. The monoisotopic (exact) mass is 411 g/mol. The summed E-state index contributed by atoms with van der Waals surface area (Å²) in [7, 11) is -1.65. The third-order valence-electron chi connectivity index (χ3n) is 4.61. The first-order valence-corrected chi connectivity index (χ1v) is 11.8. The molecule has 1 aromatic carbocycles. The molecule has 0 aromatic heterocycles. The Morgan fingerprint density at radius 1 is 1.18 bits per heavy atom. The van der Waals surface area contributed by atoms with Gasteiger partial charge in [-0.05, 0) is 45.0 Å². The quantitative estimate of drug-likeness (QED) is 0.340. The lowest BCUT2D eigenvalue weighted by Gasteiger charge is -2.21. The molecule has 0 spiro atoms. The Balaban J connectivity index is 2.29. The van der Waals surface area contributed by atoms with E-state index in [-0.39, 0.29) is 11.8 Å². The van der Waals surface area contributed by atoms with E-state index in [1.807, 2.05) is 30.3 Å². The summed E-state index contributed by atoms with van der Waals surface area (Å²) in [6.07, 6.45) is 2.15. The summed E-state index contributed by atoms with van der Waals surface area (Å²) >= 11 is 0. The molecule has 160 valence electrons. The van der Waals surface area contributed by atoms with E-state index in [9.17, 15) is 8.42 Å². The number of sulfonamides is 1. The molecule has 0 radical (unpaired) electrons. The molecular formula is C20H37N5O2S. The SMILES string of the molecule is CCN(CC)CCCC(C)NC(=NC)NCCS(=O)(=O)NCc1ccccc1. The molecule has 28 heavy (non-hydrogen) atoms. The van der Waals surface area contributed by atoms with Crippen molar-refractivity contribution in [2.75, 3.05) is 39.0 Å². The number of nitrogens with zero attached hydrogens (tertiary/aromatic N) is 2. The van der Waals surface area contributed by atoms with Gasteiger partial charge in [0, 0.05) is 26.2 Å². The van der Waals surface area contributed by atoms with Crippen LogP contribution in [0.25, 0.3) is 0 Å². The van der Waals surface area contributed by atoms with Crippen molar-refractivity contribution in [3.63, 3.8) is 0 Å². The molecule has 0 bridgehead atoms. The van der Waals surface area contributed by atoms with Gasteiger partial charge in [0.15, 0.2) is 5.96 Å². The molecule has 0 fully saturated rings. The third-order valence-corrected chi connectivity index (χ3v) is 5.94. The first-order chi connectivity index (χ1) is 13.4. The van der Waals surface area contributed by atoms with Crippen molar-refractivity contribution in [1.29, 1.82) is 0 Å². The highest BCUT2D eigenvalue weighted by Crippen LogP contribution is 2.00. The molecular weight excluding hydrogens is 374 g/mol. The van der Waals surface area contributed by atoms with Crippen molar-refractivity contribution in [1.82, 2.24) is 20.3 Å². The second-order valence-electron chi connectivity index (χ2n) is 6.84. The number of rotatable bonds is 13. The average molecular weight is 412 g/mol. The molecule has 3 N–H and O–H groups in total. The summed E-state index contributed by atoms with van der Waals surface area (Å²) in [4.78, 5) is 6.60. The summed E-state index contributed by atoms with van der Waals surface area (Å²) in [5.41, 5.74) is 0.940. The van der Waals surface area contributed by atoms with Crippen LogP contribution in [0.15, 0.2) is 35.3 Å². The van der Waals surface area contributed by atoms with Crippen LogP contribution >= 0.6 is 0 Å². The molecule has 0 aliphatic carbocycles. The van der Waals surface area contributed by atoms with E-state index in [1.165, 1.54) is 0 Å². The highest BCUT2D eigenvalue weighted by atomic mass is 32.2. The third kappa shape index (κ3) is 10.6. The summed E-state index contributed by atoms with van der Waals surface area (Å²) in [5, 5.41) is 6.41. The summed E-state index contributed by atoms with van der Waals surface area (Å²) < 4.78 is 26.9. The minimum atomic E-state index is -3.34. The normalized spacial score (nSPS) is 13.5. The Labute approximate surface area is 171 Å². The van der Waals surface area contributed by atoms with Gasteiger partial charge in [-0.2, -0.15) is 0 Å². The van der Waals surface area contributed by atoms with Gasteiger partial charge < -0.3 is 15.5 Å². The van der Waals surface area contributed by atoms with Gasteiger partial charge in [-0.1, -0.05) is 44.2 Å². The highest BCUT2D eigenvalue weighted by Gasteiger charge is 2.11. The Morgan fingerprint density at radius 2 is 1.86 bits per heavy atom. The fourth-order valence-electron chi connectivity index (χ4n) is 2.83. The predicted octanol–water partition coefficient (Wildman–Crippen LogP) is 1.78. The largest absolute Gasteiger partial charge is 0.355 e. The Bertz CT molecular complexity index is 660. The predicted molar refractivity (Wildman–Crippen MR) is 118 cm³/mol. The second kappa shape index (κ2) is 13.5. The fourth-order valence-corrected chi connectivity index (χ4v) is 3.73. The van der Waals surface area contributed by atoms with Gasteiger partial charge in [0.05, 0.1) is 5.75 Å². The Hall–Kier alpha value is -1.64. The summed E-state index contributed by atoms with van der Waals surface area (Å²) in [6, 6.07) is 9.76. The van der Waals surface area contributed by atoms with Crippen molar-refractivity contribution in [3.05, 3.63) is 35.9 Å². The lowest BCUT2D eigenvalue weighted by molar-refractivity contribution is 0.292. The van der Waals surface area contributed by atoms with Crippen LogP contribution in [0.3, 0.4) is 0 Å². The van der Waals surface area contributed by atoms with Gasteiger partial charge >= 0.3 is 0 Å². The number of guanidine groups is 1. The zero-order valence-corrected chi connectivity index (χ0v) is 18.6. The van der Waals surface area contributed by atoms with Crippen LogP contribution in [-0.2, 0) is 16.6 Å². The van der Waals surface area contributed by atoms with E-state index in [0.717, 1.165) is 38.0 Å². The lowest BCUT2D eigenvalue weighted by atomic mass is 10.2. The van der Waals surface area contributed by atoms with Gasteiger partial charge in [0.2, 0.25) is 10.0 Å². The van der Waals surface area contributed by atoms with E-state index >= 15 is 0 Å². The molecule has 1 aromatic rings. The zero-order valence-electron chi connectivity index (χ0n) is 17.7. The van der Waals surface area contributed by atoms with Crippen molar-refractivity contribution in [2.24, 2.45) is 4.99 Å². The summed E-state index contributed by atoms with van der Waals surface area (Å²) in [5.74, 6) is 0.630. The van der Waals surface area contributed by atoms with Gasteiger partial charge in [-0.3, -0.25) is 4.99 Å². The van der Waals surface area contributed by atoms with Crippen molar-refractivity contribution < 1.29 is 8.42 Å². The standard InChI is InChI=1S/C20H37N5O2S/c1-5-25(6-2)15-10-11-18(3)24-20(21-4)22-14-16-28(26,27)23-17-19-12-8-7-9-13-19/h7-9,12-13,18,23H,5-6,10-11,14-17H2,1-4H3,(H2,21,22,24). The minimum Gasteiger partial charge on any atom is -0.355 e. The van der Waals surface area contributed by atoms with E-state index in [1.54, 1.807) is 7.05 Å². The van der Waals surface area contributed by atoms with Crippen LogP contribution in [0.2, 0.25) is 0 Å². The first kappa shape index (κ1) is 24.4. The van der Waals surface area contributed by atoms with Gasteiger partial charge in [0.25, 0.3) is 0 Å². The van der Waals surface area contributed by atoms with Crippen LogP contribution in [0, 0.1) is 0 Å². The highest BCUT2D eigenvalue weighted by molar-refractivity contribution is 7.89. The molecule has 1 rings (SSSR count). The Kier molecular flexibility index (Phi) is 11.8. The van der Waals surface area contributed by atoms with E-state index in [2.05, 4.69) is 46.0 Å². The van der Waals surface area contributed by atoms with Crippen molar-refractivity contribution in [3.8, 4) is 0 Å². The maximum Gasteiger partial charge on any atom is 0.213 e. The molecule has 0 aliphatic rings. The van der Waals surface area contributed by atoms with E-state index < -0.39 is 10.0 Å². The minimum absolute atomic E-state index is 0.00310. The lowest BCUT2D eigenvalue weighted by Crippen LogP contribution is -2.44. The van der Waals surface area contributed by atoms with Crippen LogP contribution in [0.5, 0.6) is 0 Å². The topological polar surface area (TPSA) is 85.8 Å². The van der Waals surface area contributed by atoms with Gasteiger partial charge in [-0.25, -0.2) is 13.1 Å². The summed E-state index contributed by atoms with van der Waals surface area (Å²) in [6.45, 7) is 10.3. The molecule has 1 atom stereocenters. The van der Waals surface area contributed by atoms with Crippen LogP contribution in [0.4, 0.5) is 0 Å². The fraction of sp³-hybridized carbons (Fsp3) is 0.650. The number of aliphatic imine (C=N–C) groups is 1. The van der Waals surface area contributed by atoms with E-state index in [4.69, 9.17) is 0 Å².